The molecule has 1 saturated heterocycles. The first-order valence-electron chi connectivity index (χ1n) is 10.4. The van der Waals surface area contributed by atoms with Crippen LogP contribution in [0, 0.1) is 0 Å². The Morgan fingerprint density at radius 3 is 2.68 bits per heavy atom. The number of sulfonamides is 1. The quantitative estimate of drug-likeness (QED) is 0.623. The molecule has 1 aromatic carbocycles. The van der Waals surface area contributed by atoms with Gasteiger partial charge in [-0.1, -0.05) is 17.7 Å². The summed E-state index contributed by atoms with van der Waals surface area (Å²) in [5.74, 6) is 0.641. The molecule has 2 aromatic heterocycles. The number of aromatic amines is 1. The Kier molecular flexibility index (Phi) is 5.64. The summed E-state index contributed by atoms with van der Waals surface area (Å²) in [4.78, 5) is 24.9. The standard InChI is InChI=1S/C21H23ClN4O3S2/c22-14-4-3-5-15(12-14)31(28,29)26-10-8-25(9-11-26)13-18-23-20(27)19-16-6-1-2-7-17(16)30-21(19)24-18/h3-5,12H,1-2,6-11,13H2,(H,23,24,27). The van der Waals surface area contributed by atoms with Crippen LogP contribution in [-0.2, 0) is 29.4 Å². The maximum Gasteiger partial charge on any atom is 0.259 e. The number of rotatable bonds is 4. The van der Waals surface area contributed by atoms with Crippen molar-refractivity contribution in [1.82, 2.24) is 19.2 Å². The van der Waals surface area contributed by atoms with Gasteiger partial charge in [-0.2, -0.15) is 4.31 Å². The maximum atomic E-state index is 12.9. The van der Waals surface area contributed by atoms with Gasteiger partial charge in [-0.15, -0.1) is 11.3 Å². The number of fused-ring (bicyclic) bond motifs is 3. The van der Waals surface area contributed by atoms with E-state index in [1.54, 1.807) is 29.5 Å². The van der Waals surface area contributed by atoms with E-state index >= 15 is 0 Å². The molecular weight excluding hydrogens is 456 g/mol. The maximum absolute atomic E-state index is 12.9. The molecule has 0 radical (unpaired) electrons. The number of nitrogens with zero attached hydrogens (tertiary/aromatic N) is 3. The monoisotopic (exact) mass is 478 g/mol. The molecular formula is C21H23ClN4O3S2. The highest BCUT2D eigenvalue weighted by Crippen LogP contribution is 2.33. The highest BCUT2D eigenvalue weighted by Gasteiger charge is 2.29. The first kappa shape index (κ1) is 21.1. The third kappa shape index (κ3) is 4.05. The van der Waals surface area contributed by atoms with Gasteiger partial charge in [-0.25, -0.2) is 13.4 Å². The Bertz CT molecular complexity index is 1290. The number of piperazine rings is 1. The molecule has 164 valence electrons. The molecule has 0 saturated carbocycles. The molecule has 1 N–H and O–H groups in total. The van der Waals surface area contributed by atoms with Gasteiger partial charge in [0.05, 0.1) is 16.8 Å². The minimum Gasteiger partial charge on any atom is -0.309 e. The molecule has 0 amide bonds. The summed E-state index contributed by atoms with van der Waals surface area (Å²) in [5, 5.41) is 1.17. The number of thiophene rings is 1. The number of H-pyrrole nitrogens is 1. The minimum atomic E-state index is -3.57. The number of aromatic nitrogens is 2. The molecule has 0 bridgehead atoms. The highest BCUT2D eigenvalue weighted by molar-refractivity contribution is 7.89. The average molecular weight is 479 g/mol. The van der Waals surface area contributed by atoms with Gasteiger partial charge in [0.25, 0.3) is 5.56 Å². The zero-order valence-corrected chi connectivity index (χ0v) is 19.3. The van der Waals surface area contributed by atoms with E-state index in [9.17, 15) is 13.2 Å². The molecule has 1 fully saturated rings. The molecule has 10 heteroatoms. The third-order valence-electron chi connectivity index (χ3n) is 6.01. The van der Waals surface area contributed by atoms with Crippen molar-refractivity contribution in [2.24, 2.45) is 0 Å². The topological polar surface area (TPSA) is 86.4 Å². The molecule has 0 unspecified atom stereocenters. The first-order valence-corrected chi connectivity index (χ1v) is 13.1. The summed E-state index contributed by atoms with van der Waals surface area (Å²) in [7, 11) is -3.57. The molecule has 0 spiro atoms. The van der Waals surface area contributed by atoms with Crippen molar-refractivity contribution in [3.8, 4) is 0 Å². The van der Waals surface area contributed by atoms with E-state index < -0.39 is 10.0 Å². The number of hydrogen-bond donors (Lipinski definition) is 1. The summed E-state index contributed by atoms with van der Waals surface area (Å²) in [6.07, 6.45) is 4.30. The minimum absolute atomic E-state index is 0.0541. The van der Waals surface area contributed by atoms with Crippen molar-refractivity contribution < 1.29 is 8.42 Å². The van der Waals surface area contributed by atoms with Crippen molar-refractivity contribution in [2.45, 2.75) is 37.1 Å². The molecule has 3 aromatic rings. The fraction of sp³-hybridized carbons (Fsp3) is 0.429. The van der Waals surface area contributed by atoms with Gasteiger partial charge in [0, 0.05) is 36.1 Å². The van der Waals surface area contributed by atoms with Crippen LogP contribution in [0.5, 0.6) is 0 Å². The second-order valence-electron chi connectivity index (χ2n) is 8.04. The fourth-order valence-corrected chi connectivity index (χ4v) is 7.40. The van der Waals surface area contributed by atoms with E-state index in [1.165, 1.54) is 27.2 Å². The van der Waals surface area contributed by atoms with Crippen molar-refractivity contribution in [2.75, 3.05) is 26.2 Å². The summed E-state index contributed by atoms with van der Waals surface area (Å²) in [6, 6.07) is 6.35. The molecule has 2 aliphatic rings. The van der Waals surface area contributed by atoms with Crippen LogP contribution in [0.1, 0.15) is 29.1 Å². The lowest BCUT2D eigenvalue weighted by Crippen LogP contribution is -2.48. The lowest BCUT2D eigenvalue weighted by molar-refractivity contribution is 0.178. The van der Waals surface area contributed by atoms with Gasteiger partial charge in [0.15, 0.2) is 0 Å². The van der Waals surface area contributed by atoms with Gasteiger partial charge in [0.2, 0.25) is 10.0 Å². The van der Waals surface area contributed by atoms with Gasteiger partial charge < -0.3 is 4.98 Å². The van der Waals surface area contributed by atoms with Crippen LogP contribution in [-0.4, -0.2) is 53.8 Å². The normalized spacial score (nSPS) is 18.4. The molecule has 3 heterocycles. The molecule has 1 aliphatic heterocycles. The predicted octanol–water partition coefficient (Wildman–Crippen LogP) is 3.02. The van der Waals surface area contributed by atoms with Crippen molar-refractivity contribution in [3.63, 3.8) is 0 Å². The van der Waals surface area contributed by atoms with E-state index in [4.69, 9.17) is 16.6 Å². The average Bonchev–Trinajstić information content (AvgIpc) is 3.13. The lowest BCUT2D eigenvalue weighted by Gasteiger charge is -2.33. The zero-order valence-electron chi connectivity index (χ0n) is 16.9. The largest absolute Gasteiger partial charge is 0.309 e. The highest BCUT2D eigenvalue weighted by atomic mass is 35.5. The summed E-state index contributed by atoms with van der Waals surface area (Å²) in [5.41, 5.74) is 1.13. The number of hydrogen-bond acceptors (Lipinski definition) is 6. The second kappa shape index (κ2) is 8.29. The Morgan fingerprint density at radius 2 is 1.90 bits per heavy atom. The third-order valence-corrected chi connectivity index (χ3v) is 9.33. The second-order valence-corrected chi connectivity index (χ2v) is 11.5. The van der Waals surface area contributed by atoms with E-state index in [0.717, 1.165) is 29.5 Å². The lowest BCUT2D eigenvalue weighted by atomic mass is 9.97. The van der Waals surface area contributed by atoms with E-state index in [2.05, 4.69) is 9.88 Å². The van der Waals surface area contributed by atoms with E-state index in [1.807, 2.05) is 0 Å². The van der Waals surface area contributed by atoms with Crippen LogP contribution in [0.15, 0.2) is 34.0 Å². The van der Waals surface area contributed by atoms with Crippen molar-refractivity contribution >= 4 is 43.2 Å². The molecule has 1 aliphatic carbocycles. The summed E-state index contributed by atoms with van der Waals surface area (Å²) >= 11 is 7.61. The van der Waals surface area contributed by atoms with E-state index in [0.29, 0.717) is 43.6 Å². The summed E-state index contributed by atoms with van der Waals surface area (Å²) in [6.45, 7) is 2.41. The van der Waals surface area contributed by atoms with E-state index in [-0.39, 0.29) is 10.5 Å². The predicted molar refractivity (Wildman–Crippen MR) is 122 cm³/mol. The van der Waals surface area contributed by atoms with Gasteiger partial charge in [0.1, 0.15) is 10.7 Å². The molecule has 31 heavy (non-hydrogen) atoms. The number of nitrogens with one attached hydrogen (secondary N) is 1. The van der Waals surface area contributed by atoms with Crippen LogP contribution in [0.2, 0.25) is 5.02 Å². The van der Waals surface area contributed by atoms with Gasteiger partial charge in [-0.3, -0.25) is 9.69 Å². The van der Waals surface area contributed by atoms with Gasteiger partial charge in [-0.05, 0) is 49.4 Å². The summed E-state index contributed by atoms with van der Waals surface area (Å²) < 4.78 is 27.3. The zero-order chi connectivity index (χ0) is 21.6. The van der Waals surface area contributed by atoms with Crippen LogP contribution in [0.4, 0.5) is 0 Å². The van der Waals surface area contributed by atoms with Crippen LogP contribution in [0.3, 0.4) is 0 Å². The number of aryl methyl sites for hydroxylation is 2. The Morgan fingerprint density at radius 1 is 1.13 bits per heavy atom. The van der Waals surface area contributed by atoms with Crippen LogP contribution in [0.25, 0.3) is 10.2 Å². The number of benzene rings is 1. The number of halogens is 1. The van der Waals surface area contributed by atoms with Crippen molar-refractivity contribution in [1.29, 1.82) is 0 Å². The fourth-order valence-electron chi connectivity index (χ4n) is 4.40. The molecule has 0 atom stereocenters. The Hall–Kier alpha value is -1.78. The first-order chi connectivity index (χ1) is 14.9. The molecule has 7 nitrogen and oxygen atoms in total. The Labute approximate surface area is 189 Å². The van der Waals surface area contributed by atoms with Crippen molar-refractivity contribution in [3.05, 3.63) is 55.9 Å². The van der Waals surface area contributed by atoms with Crippen LogP contribution >= 0.6 is 22.9 Å². The SMILES string of the molecule is O=c1[nH]c(CN2CCN(S(=O)(=O)c3cccc(Cl)c3)CC2)nc2sc3c(c12)CCCC3. The Balaban J connectivity index is 1.30. The van der Waals surface area contributed by atoms with Gasteiger partial charge >= 0.3 is 0 Å². The smallest absolute Gasteiger partial charge is 0.259 e. The molecule has 5 rings (SSSR count). The van der Waals surface area contributed by atoms with Crippen LogP contribution < -0.4 is 5.56 Å².